The number of H-pyrrole nitrogens is 1. The summed E-state index contributed by atoms with van der Waals surface area (Å²) in [6.45, 7) is 4.13. The Bertz CT molecular complexity index is 611. The van der Waals surface area contributed by atoms with E-state index in [4.69, 9.17) is 4.74 Å². The Labute approximate surface area is 111 Å². The Hall–Kier alpha value is -1.25. The van der Waals surface area contributed by atoms with E-state index in [1.165, 1.54) is 10.4 Å². The minimum atomic E-state index is -3.25. The topological polar surface area (TPSA) is 92.4 Å². The molecule has 0 saturated carbocycles. The van der Waals surface area contributed by atoms with Gasteiger partial charge in [-0.2, -0.15) is 4.31 Å². The van der Waals surface area contributed by atoms with E-state index in [0.29, 0.717) is 24.7 Å². The van der Waals surface area contributed by atoms with Crippen LogP contribution in [0, 0.1) is 6.92 Å². The molecule has 106 valence electrons. The molecule has 0 aliphatic carbocycles. The molecule has 8 heteroatoms. The third kappa shape index (κ3) is 3.20. The summed E-state index contributed by atoms with van der Waals surface area (Å²) >= 11 is 0. The van der Waals surface area contributed by atoms with Crippen molar-refractivity contribution >= 4 is 10.0 Å². The summed E-state index contributed by atoms with van der Waals surface area (Å²) < 4.78 is 30.6. The van der Waals surface area contributed by atoms with E-state index in [0.717, 1.165) is 0 Å². The van der Waals surface area contributed by atoms with Crippen LogP contribution < -0.4 is 5.56 Å². The van der Waals surface area contributed by atoms with Crippen molar-refractivity contribution in [1.82, 2.24) is 14.3 Å². The second-order valence-electron chi connectivity index (χ2n) is 4.39. The first kappa shape index (κ1) is 14.2. The van der Waals surface area contributed by atoms with Gasteiger partial charge in [0.15, 0.2) is 0 Å². The SMILES string of the molecule is CCS(=O)(=O)N1CCO[C@@H](c2nc(C)cc(=O)[nH]2)C1. The summed E-state index contributed by atoms with van der Waals surface area (Å²) in [7, 11) is -3.25. The van der Waals surface area contributed by atoms with Crippen molar-refractivity contribution in [2.24, 2.45) is 0 Å². The maximum atomic E-state index is 11.8. The molecule has 1 aliphatic heterocycles. The first-order valence-electron chi connectivity index (χ1n) is 6.09. The molecule has 0 radical (unpaired) electrons. The van der Waals surface area contributed by atoms with Crippen LogP contribution in [0.25, 0.3) is 0 Å². The Morgan fingerprint density at radius 1 is 1.58 bits per heavy atom. The fourth-order valence-electron chi connectivity index (χ4n) is 1.98. The second kappa shape index (κ2) is 5.40. The molecule has 0 unspecified atom stereocenters. The molecule has 0 amide bonds. The maximum absolute atomic E-state index is 11.8. The van der Waals surface area contributed by atoms with Crippen LogP contribution in [0.3, 0.4) is 0 Å². The highest BCUT2D eigenvalue weighted by molar-refractivity contribution is 7.89. The second-order valence-corrected chi connectivity index (χ2v) is 6.65. The molecule has 2 rings (SSSR count). The van der Waals surface area contributed by atoms with Gasteiger partial charge >= 0.3 is 0 Å². The summed E-state index contributed by atoms with van der Waals surface area (Å²) in [4.78, 5) is 18.2. The summed E-state index contributed by atoms with van der Waals surface area (Å²) in [5, 5.41) is 0. The molecule has 1 atom stereocenters. The monoisotopic (exact) mass is 287 g/mol. The zero-order valence-electron chi connectivity index (χ0n) is 10.9. The number of hydrogen-bond donors (Lipinski definition) is 1. The highest BCUT2D eigenvalue weighted by Gasteiger charge is 2.30. The van der Waals surface area contributed by atoms with Gasteiger partial charge in [-0.25, -0.2) is 13.4 Å². The maximum Gasteiger partial charge on any atom is 0.251 e. The Morgan fingerprint density at radius 2 is 2.32 bits per heavy atom. The van der Waals surface area contributed by atoms with Crippen LogP contribution in [0.5, 0.6) is 0 Å². The van der Waals surface area contributed by atoms with Crippen molar-refractivity contribution in [1.29, 1.82) is 0 Å². The van der Waals surface area contributed by atoms with E-state index in [1.54, 1.807) is 13.8 Å². The Kier molecular flexibility index (Phi) is 4.02. The molecule has 1 aromatic rings. The summed E-state index contributed by atoms with van der Waals surface area (Å²) in [6, 6.07) is 1.38. The van der Waals surface area contributed by atoms with Crippen LogP contribution in [0.4, 0.5) is 0 Å². The molecule has 1 saturated heterocycles. The molecule has 7 nitrogen and oxygen atoms in total. The third-order valence-electron chi connectivity index (χ3n) is 2.98. The molecule has 0 spiro atoms. The van der Waals surface area contributed by atoms with Crippen LogP contribution in [0.15, 0.2) is 10.9 Å². The normalized spacial score (nSPS) is 21.5. The zero-order chi connectivity index (χ0) is 14.0. The van der Waals surface area contributed by atoms with Gasteiger partial charge in [0.25, 0.3) is 5.56 Å². The van der Waals surface area contributed by atoms with Gasteiger partial charge in [0.1, 0.15) is 11.9 Å². The van der Waals surface area contributed by atoms with E-state index < -0.39 is 16.1 Å². The quantitative estimate of drug-likeness (QED) is 0.831. The van der Waals surface area contributed by atoms with Crippen molar-refractivity contribution in [2.45, 2.75) is 20.0 Å². The lowest BCUT2D eigenvalue weighted by Gasteiger charge is -2.31. The van der Waals surface area contributed by atoms with Gasteiger partial charge in [0, 0.05) is 24.8 Å². The smallest absolute Gasteiger partial charge is 0.251 e. The van der Waals surface area contributed by atoms with Crippen molar-refractivity contribution < 1.29 is 13.2 Å². The number of rotatable bonds is 3. The molecule has 1 N–H and O–H groups in total. The number of aryl methyl sites for hydroxylation is 1. The summed E-state index contributed by atoms with van der Waals surface area (Å²) in [5.41, 5.74) is 0.319. The van der Waals surface area contributed by atoms with Crippen LogP contribution >= 0.6 is 0 Å². The predicted molar refractivity (Wildman–Crippen MR) is 69.3 cm³/mol. The standard InChI is InChI=1S/C11H17N3O4S/c1-3-19(16,17)14-4-5-18-9(7-14)11-12-8(2)6-10(15)13-11/h6,9H,3-5,7H2,1-2H3,(H,12,13,15)/t9-/m1/s1. The fraction of sp³-hybridized carbons (Fsp3) is 0.636. The highest BCUT2D eigenvalue weighted by atomic mass is 32.2. The molecule has 19 heavy (non-hydrogen) atoms. The van der Waals surface area contributed by atoms with Gasteiger partial charge < -0.3 is 9.72 Å². The van der Waals surface area contributed by atoms with Gasteiger partial charge in [-0.05, 0) is 13.8 Å². The first-order chi connectivity index (χ1) is 8.92. The van der Waals surface area contributed by atoms with Gasteiger partial charge in [-0.3, -0.25) is 4.79 Å². The number of aromatic amines is 1. The van der Waals surface area contributed by atoms with E-state index in [-0.39, 0.29) is 17.9 Å². The lowest BCUT2D eigenvalue weighted by molar-refractivity contribution is -0.00769. The van der Waals surface area contributed by atoms with Gasteiger partial charge in [-0.15, -0.1) is 0 Å². The van der Waals surface area contributed by atoms with E-state index >= 15 is 0 Å². The number of hydrogen-bond acceptors (Lipinski definition) is 5. The number of morpholine rings is 1. The molecule has 1 fully saturated rings. The number of nitrogens with zero attached hydrogens (tertiary/aromatic N) is 2. The summed E-state index contributed by atoms with van der Waals surface area (Å²) in [5.74, 6) is 0.429. The average Bonchev–Trinajstić information content (AvgIpc) is 2.38. The number of sulfonamides is 1. The van der Waals surface area contributed by atoms with Crippen LogP contribution in [0.2, 0.25) is 0 Å². The van der Waals surface area contributed by atoms with E-state index in [9.17, 15) is 13.2 Å². The van der Waals surface area contributed by atoms with Crippen LogP contribution in [0.1, 0.15) is 24.5 Å². The Morgan fingerprint density at radius 3 is 2.95 bits per heavy atom. The van der Waals surface area contributed by atoms with Gasteiger partial charge in [-0.1, -0.05) is 0 Å². The van der Waals surface area contributed by atoms with Crippen molar-refractivity contribution in [2.75, 3.05) is 25.4 Å². The third-order valence-corrected chi connectivity index (χ3v) is 4.83. The van der Waals surface area contributed by atoms with Crippen molar-refractivity contribution in [3.05, 3.63) is 27.9 Å². The lowest BCUT2D eigenvalue weighted by atomic mass is 10.3. The number of ether oxygens (including phenoxy) is 1. The van der Waals surface area contributed by atoms with Crippen molar-refractivity contribution in [3.8, 4) is 0 Å². The van der Waals surface area contributed by atoms with E-state index in [2.05, 4.69) is 9.97 Å². The average molecular weight is 287 g/mol. The van der Waals surface area contributed by atoms with Crippen molar-refractivity contribution in [3.63, 3.8) is 0 Å². The van der Waals surface area contributed by atoms with E-state index in [1.807, 2.05) is 0 Å². The van der Waals surface area contributed by atoms with Gasteiger partial charge in [0.05, 0.1) is 12.4 Å². The van der Waals surface area contributed by atoms with Crippen LogP contribution in [-0.2, 0) is 14.8 Å². The number of aromatic nitrogens is 2. The first-order valence-corrected chi connectivity index (χ1v) is 7.70. The molecule has 2 heterocycles. The fourth-order valence-corrected chi connectivity index (χ4v) is 3.06. The Balaban J connectivity index is 2.24. The minimum absolute atomic E-state index is 0.0531. The molecule has 1 aliphatic rings. The zero-order valence-corrected chi connectivity index (χ0v) is 11.7. The largest absolute Gasteiger partial charge is 0.368 e. The van der Waals surface area contributed by atoms with Crippen LogP contribution in [-0.4, -0.2) is 48.1 Å². The molecule has 0 aromatic carbocycles. The molecule has 0 bridgehead atoms. The molecular formula is C11H17N3O4S. The highest BCUT2D eigenvalue weighted by Crippen LogP contribution is 2.20. The molecule has 1 aromatic heterocycles. The molecular weight excluding hydrogens is 270 g/mol. The summed E-state index contributed by atoms with van der Waals surface area (Å²) in [6.07, 6.45) is -0.525. The van der Waals surface area contributed by atoms with Gasteiger partial charge in [0.2, 0.25) is 10.0 Å². The predicted octanol–water partition coefficient (Wildman–Crippen LogP) is -0.199. The lowest BCUT2D eigenvalue weighted by Crippen LogP contribution is -2.43. The number of nitrogens with one attached hydrogen (secondary N) is 1. The minimum Gasteiger partial charge on any atom is -0.368 e.